The van der Waals surface area contributed by atoms with Crippen LogP contribution in [0.1, 0.15) is 0 Å². The quantitative estimate of drug-likeness (QED) is 0.677. The molecule has 0 spiro atoms. The van der Waals surface area contributed by atoms with Crippen LogP contribution in [0.5, 0.6) is 0 Å². The molecule has 2 N–H and O–H groups in total. The summed E-state index contributed by atoms with van der Waals surface area (Å²) in [4.78, 5) is 0. The lowest BCUT2D eigenvalue weighted by atomic mass is 10.1. The highest BCUT2D eigenvalue weighted by molar-refractivity contribution is 7.03. The standard InChI is InChI=1S/C9H8N2S/c10-8-3-1-7(2-4-8)9-5-6-12-11-9/h1-6H,10H2. The largest absolute Gasteiger partial charge is 0.399 e. The summed E-state index contributed by atoms with van der Waals surface area (Å²) in [5.74, 6) is 0. The zero-order valence-electron chi connectivity index (χ0n) is 6.40. The number of rotatable bonds is 1. The van der Waals surface area contributed by atoms with E-state index in [1.807, 2.05) is 35.7 Å². The second-order valence-electron chi connectivity index (χ2n) is 2.51. The van der Waals surface area contributed by atoms with Gasteiger partial charge >= 0.3 is 0 Å². The van der Waals surface area contributed by atoms with Crippen molar-refractivity contribution in [2.24, 2.45) is 0 Å². The molecule has 2 aromatic rings. The Morgan fingerprint density at radius 3 is 2.42 bits per heavy atom. The Labute approximate surface area is 74.8 Å². The van der Waals surface area contributed by atoms with Gasteiger partial charge in [0.15, 0.2) is 0 Å². The third kappa shape index (κ3) is 1.31. The van der Waals surface area contributed by atoms with E-state index in [1.54, 1.807) is 0 Å². The maximum absolute atomic E-state index is 5.56. The summed E-state index contributed by atoms with van der Waals surface area (Å²) < 4.78 is 4.22. The van der Waals surface area contributed by atoms with Gasteiger partial charge in [-0.25, -0.2) is 0 Å². The van der Waals surface area contributed by atoms with Crippen molar-refractivity contribution >= 4 is 17.2 Å². The first-order valence-electron chi connectivity index (χ1n) is 3.62. The molecule has 0 bridgehead atoms. The minimum Gasteiger partial charge on any atom is -0.399 e. The lowest BCUT2D eigenvalue weighted by molar-refractivity contribution is 1.52. The zero-order valence-corrected chi connectivity index (χ0v) is 7.21. The maximum atomic E-state index is 5.56. The smallest absolute Gasteiger partial charge is 0.0840 e. The van der Waals surface area contributed by atoms with Gasteiger partial charge in [-0.05, 0) is 29.7 Å². The van der Waals surface area contributed by atoms with Crippen molar-refractivity contribution in [1.82, 2.24) is 4.37 Å². The molecule has 2 nitrogen and oxygen atoms in total. The summed E-state index contributed by atoms with van der Waals surface area (Å²) in [5.41, 5.74) is 8.48. The second-order valence-corrected chi connectivity index (χ2v) is 3.17. The first-order chi connectivity index (χ1) is 5.86. The maximum Gasteiger partial charge on any atom is 0.0840 e. The van der Waals surface area contributed by atoms with Gasteiger partial charge < -0.3 is 5.73 Å². The molecule has 0 saturated heterocycles. The van der Waals surface area contributed by atoms with Crippen LogP contribution in [0.4, 0.5) is 5.69 Å². The lowest BCUT2D eigenvalue weighted by Crippen LogP contribution is -1.83. The summed E-state index contributed by atoms with van der Waals surface area (Å²) in [6.45, 7) is 0. The predicted molar refractivity (Wildman–Crippen MR) is 52.0 cm³/mol. The lowest BCUT2D eigenvalue weighted by Gasteiger charge is -1.95. The van der Waals surface area contributed by atoms with E-state index in [4.69, 9.17) is 5.73 Å². The fraction of sp³-hybridized carbons (Fsp3) is 0. The molecule has 60 valence electrons. The second kappa shape index (κ2) is 2.95. The van der Waals surface area contributed by atoms with Crippen molar-refractivity contribution in [3.63, 3.8) is 0 Å². The van der Waals surface area contributed by atoms with Crippen LogP contribution in [0.2, 0.25) is 0 Å². The molecular formula is C9H8N2S. The van der Waals surface area contributed by atoms with Crippen LogP contribution in [-0.4, -0.2) is 4.37 Å². The molecule has 0 aliphatic rings. The van der Waals surface area contributed by atoms with Gasteiger partial charge in [0.25, 0.3) is 0 Å². The monoisotopic (exact) mass is 176 g/mol. The molecule has 12 heavy (non-hydrogen) atoms. The summed E-state index contributed by atoms with van der Waals surface area (Å²) in [6, 6.07) is 9.72. The molecule has 0 unspecified atom stereocenters. The van der Waals surface area contributed by atoms with E-state index in [9.17, 15) is 0 Å². The minimum absolute atomic E-state index is 0.786. The van der Waals surface area contributed by atoms with Gasteiger partial charge in [0.05, 0.1) is 5.69 Å². The van der Waals surface area contributed by atoms with E-state index >= 15 is 0 Å². The number of anilines is 1. The Kier molecular flexibility index (Phi) is 1.80. The van der Waals surface area contributed by atoms with Gasteiger partial charge in [0.2, 0.25) is 0 Å². The van der Waals surface area contributed by atoms with E-state index in [2.05, 4.69) is 4.37 Å². The predicted octanol–water partition coefficient (Wildman–Crippen LogP) is 2.39. The zero-order chi connectivity index (χ0) is 8.39. The third-order valence-electron chi connectivity index (χ3n) is 1.64. The van der Waals surface area contributed by atoms with Crippen LogP contribution < -0.4 is 5.73 Å². The number of benzene rings is 1. The topological polar surface area (TPSA) is 38.9 Å². The van der Waals surface area contributed by atoms with Crippen molar-refractivity contribution in [1.29, 1.82) is 0 Å². The van der Waals surface area contributed by atoms with Gasteiger partial charge in [-0.2, -0.15) is 4.37 Å². The van der Waals surface area contributed by atoms with Gasteiger partial charge in [-0.1, -0.05) is 12.1 Å². The summed E-state index contributed by atoms with van der Waals surface area (Å²) in [6.07, 6.45) is 0. The number of aromatic nitrogens is 1. The SMILES string of the molecule is Nc1ccc(-c2ccsn2)cc1. The first-order valence-corrected chi connectivity index (χ1v) is 4.46. The van der Waals surface area contributed by atoms with E-state index in [0.29, 0.717) is 0 Å². The molecule has 0 aliphatic carbocycles. The number of nitrogens with two attached hydrogens (primary N) is 1. The van der Waals surface area contributed by atoms with E-state index in [-0.39, 0.29) is 0 Å². The van der Waals surface area contributed by atoms with E-state index in [1.165, 1.54) is 11.5 Å². The summed E-state index contributed by atoms with van der Waals surface area (Å²) >= 11 is 1.46. The molecule has 0 atom stereocenters. The van der Waals surface area contributed by atoms with E-state index < -0.39 is 0 Å². The number of hydrogen-bond donors (Lipinski definition) is 1. The van der Waals surface area contributed by atoms with Crippen LogP contribution in [0.25, 0.3) is 11.3 Å². The molecule has 1 heterocycles. The molecule has 0 aliphatic heterocycles. The molecule has 1 aromatic carbocycles. The Morgan fingerprint density at radius 1 is 1.08 bits per heavy atom. The average Bonchev–Trinajstić information content (AvgIpc) is 2.58. The van der Waals surface area contributed by atoms with Gasteiger partial charge in [-0.15, -0.1) is 0 Å². The molecule has 2 rings (SSSR count). The van der Waals surface area contributed by atoms with Crippen molar-refractivity contribution in [3.8, 4) is 11.3 Å². The molecule has 0 radical (unpaired) electrons. The van der Waals surface area contributed by atoms with Crippen LogP contribution in [0, 0.1) is 0 Å². The Balaban J connectivity index is 2.43. The molecule has 0 amide bonds. The molecular weight excluding hydrogens is 168 g/mol. The molecule has 0 saturated carbocycles. The van der Waals surface area contributed by atoms with Crippen molar-refractivity contribution in [2.75, 3.05) is 5.73 Å². The summed E-state index contributed by atoms with van der Waals surface area (Å²) in [7, 11) is 0. The highest BCUT2D eigenvalue weighted by atomic mass is 32.1. The van der Waals surface area contributed by atoms with E-state index in [0.717, 1.165) is 16.9 Å². The number of hydrogen-bond acceptors (Lipinski definition) is 3. The molecule has 3 heteroatoms. The molecule has 1 aromatic heterocycles. The van der Waals surface area contributed by atoms with Crippen molar-refractivity contribution in [2.45, 2.75) is 0 Å². The van der Waals surface area contributed by atoms with Crippen LogP contribution >= 0.6 is 11.5 Å². The van der Waals surface area contributed by atoms with Crippen LogP contribution in [0.3, 0.4) is 0 Å². The van der Waals surface area contributed by atoms with Gasteiger partial charge in [0.1, 0.15) is 0 Å². The summed E-state index contributed by atoms with van der Waals surface area (Å²) in [5, 5.41) is 1.96. The van der Waals surface area contributed by atoms with Crippen LogP contribution in [0.15, 0.2) is 35.7 Å². The van der Waals surface area contributed by atoms with Gasteiger partial charge in [-0.3, -0.25) is 0 Å². The van der Waals surface area contributed by atoms with Crippen molar-refractivity contribution in [3.05, 3.63) is 35.7 Å². The first kappa shape index (κ1) is 7.31. The van der Waals surface area contributed by atoms with Gasteiger partial charge in [0, 0.05) is 16.6 Å². The van der Waals surface area contributed by atoms with Crippen molar-refractivity contribution < 1.29 is 0 Å². The average molecular weight is 176 g/mol. The Bertz CT molecular complexity index is 351. The van der Waals surface area contributed by atoms with Crippen LogP contribution in [-0.2, 0) is 0 Å². The number of nitrogens with zero attached hydrogens (tertiary/aromatic N) is 1. The Hall–Kier alpha value is -1.35. The highest BCUT2D eigenvalue weighted by Gasteiger charge is 1.97. The fourth-order valence-electron chi connectivity index (χ4n) is 1.02. The third-order valence-corrected chi connectivity index (χ3v) is 2.20. The molecule has 0 fully saturated rings. The Morgan fingerprint density at radius 2 is 1.83 bits per heavy atom. The minimum atomic E-state index is 0.786. The number of nitrogen functional groups attached to an aromatic ring is 1. The fourth-order valence-corrected chi connectivity index (χ4v) is 1.55. The highest BCUT2D eigenvalue weighted by Crippen LogP contribution is 2.19. The normalized spacial score (nSPS) is 10.0.